The van der Waals surface area contributed by atoms with Gasteiger partial charge in [0.1, 0.15) is 0 Å². The minimum absolute atomic E-state index is 0.0237. The topological polar surface area (TPSA) is 0 Å². The third kappa shape index (κ3) is 3.89. The van der Waals surface area contributed by atoms with Gasteiger partial charge in [-0.15, -0.1) is 11.3 Å². The third-order valence-electron chi connectivity index (χ3n) is 6.87. The maximum atomic E-state index is 9.42. The van der Waals surface area contributed by atoms with Gasteiger partial charge in [-0.05, 0) is 49.4 Å². The number of benzene rings is 7. The van der Waals surface area contributed by atoms with Crippen molar-refractivity contribution in [2.75, 3.05) is 0 Å². The summed E-state index contributed by atoms with van der Waals surface area (Å²) in [7, 11) is 0. The van der Waals surface area contributed by atoms with Gasteiger partial charge < -0.3 is 0 Å². The van der Waals surface area contributed by atoms with Crippen molar-refractivity contribution >= 4 is 43.0 Å². The SMILES string of the molecule is [2H]c1c([2H])c([2H])c(-c2c(-c3c4ccccc4c(-c4c([2H])c([2H])c([2H])c([2H])c4[2H])c4c([2H])c([2H])c([2H])c([2H])c34)sc3c(-c4c([2H])c([2H])c([2H])c([2H])c4[2H])cccc23)c([2H])c1[2H]. The van der Waals surface area contributed by atoms with E-state index >= 15 is 0 Å². The van der Waals surface area contributed by atoms with Gasteiger partial charge in [0, 0.05) is 26.1 Å². The predicted octanol–water partition coefficient (Wildman–Crippen LogP) is 11.9. The highest BCUT2D eigenvalue weighted by atomic mass is 32.1. The highest BCUT2D eigenvalue weighted by molar-refractivity contribution is 7.23. The summed E-state index contributed by atoms with van der Waals surface area (Å²) in [6, 6.07) is -1.01. The zero-order chi connectivity index (χ0) is 43.7. The van der Waals surface area contributed by atoms with E-state index in [0.717, 1.165) is 11.3 Å². The summed E-state index contributed by atoms with van der Waals surface area (Å²) in [4.78, 5) is 0.113. The van der Waals surface area contributed by atoms with Crippen molar-refractivity contribution in [3.05, 3.63) is 157 Å². The standard InChI is InChI=1S/C40H26S/c1-4-15-27(16-5-1)30-25-14-26-35-37(29-19-8-3-9-20-29)40(41-39(30)35)38-33-23-12-10-21-31(33)36(28-17-6-2-7-18-28)32-22-11-13-24-34(32)38/h1-26H/i1D,2D,3D,4D,5D,6D,7D,8D,9D,10D,12D,15D,16D,17D,18D,19D,20D,21D,23D. The van der Waals surface area contributed by atoms with Crippen LogP contribution in [0, 0.1) is 0 Å². The molecule has 41 heavy (non-hydrogen) atoms. The van der Waals surface area contributed by atoms with Crippen molar-refractivity contribution in [2.24, 2.45) is 0 Å². The van der Waals surface area contributed by atoms with Crippen LogP contribution in [-0.2, 0) is 0 Å². The van der Waals surface area contributed by atoms with Crippen LogP contribution in [0.3, 0.4) is 0 Å². The molecule has 0 N–H and O–H groups in total. The molecule has 8 rings (SSSR count). The molecule has 0 aliphatic rings. The van der Waals surface area contributed by atoms with E-state index in [1.54, 1.807) is 30.3 Å². The Balaban J connectivity index is 1.70. The lowest BCUT2D eigenvalue weighted by molar-refractivity contribution is 1.66. The molecule has 0 spiro atoms. The zero-order valence-corrected chi connectivity index (χ0v) is 21.8. The molecule has 0 aliphatic carbocycles. The molecular formula is C40H26S. The van der Waals surface area contributed by atoms with Crippen molar-refractivity contribution < 1.29 is 26.0 Å². The van der Waals surface area contributed by atoms with Gasteiger partial charge in [0.2, 0.25) is 0 Å². The lowest BCUT2D eigenvalue weighted by Gasteiger charge is -2.18. The van der Waals surface area contributed by atoms with Gasteiger partial charge in [0.25, 0.3) is 0 Å². The van der Waals surface area contributed by atoms with E-state index in [1.165, 1.54) is 12.1 Å². The highest BCUT2D eigenvalue weighted by Gasteiger charge is 2.23. The Morgan fingerprint density at radius 2 is 0.878 bits per heavy atom. The van der Waals surface area contributed by atoms with Gasteiger partial charge in [0.15, 0.2) is 0 Å². The quantitative estimate of drug-likeness (QED) is 0.189. The van der Waals surface area contributed by atoms with Crippen LogP contribution in [0.1, 0.15) is 26.0 Å². The maximum absolute atomic E-state index is 9.42. The van der Waals surface area contributed by atoms with Crippen molar-refractivity contribution in [1.82, 2.24) is 0 Å². The first-order valence-electron chi connectivity index (χ1n) is 22.0. The molecule has 0 saturated carbocycles. The fourth-order valence-electron chi connectivity index (χ4n) is 5.25. The number of thiophene rings is 1. The van der Waals surface area contributed by atoms with Crippen LogP contribution in [0.15, 0.2) is 157 Å². The predicted molar refractivity (Wildman–Crippen MR) is 179 cm³/mol. The summed E-state index contributed by atoms with van der Waals surface area (Å²) in [5, 5.41) is 0.264. The first-order valence-corrected chi connectivity index (χ1v) is 13.3. The van der Waals surface area contributed by atoms with E-state index in [2.05, 4.69) is 0 Å². The molecule has 0 atom stereocenters. The van der Waals surface area contributed by atoms with Crippen LogP contribution in [0.5, 0.6) is 0 Å². The second kappa shape index (κ2) is 9.89. The minimum atomic E-state index is -0.687. The summed E-state index contributed by atoms with van der Waals surface area (Å²) >= 11 is 0.946. The first-order chi connectivity index (χ1) is 28.3. The number of hydrogen-bond acceptors (Lipinski definition) is 1. The molecule has 0 amide bonds. The molecule has 192 valence electrons. The molecule has 1 aromatic heterocycles. The monoisotopic (exact) mass is 557 g/mol. The molecule has 7 aromatic carbocycles. The van der Waals surface area contributed by atoms with Crippen molar-refractivity contribution in [2.45, 2.75) is 0 Å². The second-order valence-electron chi connectivity index (χ2n) is 9.03. The summed E-state index contributed by atoms with van der Waals surface area (Å²) in [5.74, 6) is 0. The van der Waals surface area contributed by atoms with E-state index in [4.69, 9.17) is 23.3 Å². The van der Waals surface area contributed by atoms with E-state index in [9.17, 15) is 2.74 Å². The normalized spacial score (nSPS) is 17.9. The van der Waals surface area contributed by atoms with Crippen LogP contribution in [0.2, 0.25) is 0 Å². The molecule has 8 aromatic rings. The smallest absolute Gasteiger partial charge is 0.0629 e. The molecule has 0 fully saturated rings. The average molecular weight is 558 g/mol. The molecule has 1 heteroatoms. The fraction of sp³-hybridized carbons (Fsp3) is 0. The van der Waals surface area contributed by atoms with Gasteiger partial charge in [-0.25, -0.2) is 0 Å². The lowest BCUT2D eigenvalue weighted by atomic mass is 9.86. The molecule has 0 radical (unpaired) electrons. The summed E-state index contributed by atoms with van der Waals surface area (Å²) in [6.45, 7) is 0. The maximum Gasteiger partial charge on any atom is 0.0629 e. The number of fused-ring (bicyclic) bond motifs is 3. The Morgan fingerprint density at radius 1 is 0.390 bits per heavy atom. The van der Waals surface area contributed by atoms with Crippen molar-refractivity contribution in [3.8, 4) is 43.8 Å². The third-order valence-corrected chi connectivity index (χ3v) is 8.12. The molecule has 0 nitrogen and oxygen atoms in total. The van der Waals surface area contributed by atoms with Gasteiger partial charge in [0.05, 0.1) is 26.0 Å². The van der Waals surface area contributed by atoms with Gasteiger partial charge in [-0.1, -0.05) is 157 Å². The number of rotatable bonds is 4. The molecule has 0 unspecified atom stereocenters. The Kier molecular flexibility index (Phi) is 2.77. The van der Waals surface area contributed by atoms with Crippen molar-refractivity contribution in [3.63, 3.8) is 0 Å². The number of hydrogen-bond donors (Lipinski definition) is 0. The van der Waals surface area contributed by atoms with Crippen LogP contribution in [0.25, 0.3) is 75.5 Å². The Morgan fingerprint density at radius 3 is 1.51 bits per heavy atom. The van der Waals surface area contributed by atoms with Crippen LogP contribution in [-0.4, -0.2) is 0 Å². The summed E-state index contributed by atoms with van der Waals surface area (Å²) in [6.07, 6.45) is 0. The van der Waals surface area contributed by atoms with Crippen molar-refractivity contribution in [1.29, 1.82) is 0 Å². The Hall–Kier alpha value is -4.98. The van der Waals surface area contributed by atoms with Crippen LogP contribution < -0.4 is 0 Å². The van der Waals surface area contributed by atoms with E-state index in [0.29, 0.717) is 0 Å². The van der Waals surface area contributed by atoms with Gasteiger partial charge >= 0.3 is 0 Å². The Labute approximate surface area is 270 Å². The molecule has 0 bridgehead atoms. The van der Waals surface area contributed by atoms with Crippen LogP contribution >= 0.6 is 11.3 Å². The van der Waals surface area contributed by atoms with E-state index in [1.807, 2.05) is 0 Å². The fourth-order valence-corrected chi connectivity index (χ4v) is 6.64. The minimum Gasteiger partial charge on any atom is -0.134 e. The largest absolute Gasteiger partial charge is 0.134 e. The van der Waals surface area contributed by atoms with E-state index < -0.39 is 115 Å². The molecular weight excluding hydrogens is 513 g/mol. The first kappa shape index (κ1) is 11.5. The summed E-state index contributed by atoms with van der Waals surface area (Å²) in [5.41, 5.74) is -0.633. The van der Waals surface area contributed by atoms with Gasteiger partial charge in [-0.3, -0.25) is 0 Å². The molecule has 0 aliphatic heterocycles. The summed E-state index contributed by atoms with van der Waals surface area (Å²) < 4.78 is 166. The lowest BCUT2D eigenvalue weighted by Crippen LogP contribution is -1.90. The zero-order valence-electron chi connectivity index (χ0n) is 39.9. The molecule has 1 heterocycles. The Bertz CT molecular complexity index is 3170. The molecule has 0 saturated heterocycles. The highest BCUT2D eigenvalue weighted by Crippen LogP contribution is 2.52. The average Bonchev–Trinajstić information content (AvgIpc) is 3.62. The second-order valence-corrected chi connectivity index (χ2v) is 10.1. The van der Waals surface area contributed by atoms with Gasteiger partial charge in [-0.2, -0.15) is 0 Å². The van der Waals surface area contributed by atoms with Crippen LogP contribution in [0.4, 0.5) is 0 Å². The van der Waals surface area contributed by atoms with E-state index in [-0.39, 0.29) is 75.5 Å².